The van der Waals surface area contributed by atoms with Gasteiger partial charge in [-0.05, 0) is 50.7 Å². The average Bonchev–Trinajstić information content (AvgIpc) is 2.63. The lowest BCUT2D eigenvalue weighted by atomic mass is 10.2. The molecule has 0 unspecified atom stereocenters. The fourth-order valence-electron chi connectivity index (χ4n) is 2.31. The van der Waals surface area contributed by atoms with E-state index in [1.54, 1.807) is 43.3 Å². The van der Waals surface area contributed by atoms with Crippen LogP contribution in [0.5, 0.6) is 0 Å². The first kappa shape index (κ1) is 20.9. The maximum Gasteiger partial charge on any atom is 0.253 e. The normalized spacial score (nSPS) is 12.3. The summed E-state index contributed by atoms with van der Waals surface area (Å²) in [5, 5.41) is 5.44. The van der Waals surface area contributed by atoms with Crippen LogP contribution in [0.4, 0.5) is 5.69 Å². The van der Waals surface area contributed by atoms with Crippen molar-refractivity contribution in [2.24, 2.45) is 0 Å². The molecule has 1 atom stereocenters. The van der Waals surface area contributed by atoms with E-state index in [1.807, 2.05) is 0 Å². The van der Waals surface area contributed by atoms with Crippen molar-refractivity contribution in [3.8, 4) is 0 Å². The molecule has 27 heavy (non-hydrogen) atoms. The van der Waals surface area contributed by atoms with Crippen molar-refractivity contribution in [3.05, 3.63) is 58.6 Å². The molecule has 9 heteroatoms. The quantitative estimate of drug-likeness (QED) is 0.680. The topological polar surface area (TPSA) is 104 Å². The van der Waals surface area contributed by atoms with Crippen molar-refractivity contribution in [1.29, 1.82) is 0 Å². The summed E-state index contributed by atoms with van der Waals surface area (Å²) < 4.78 is 26.3. The average molecular weight is 410 g/mol. The molecule has 0 radical (unpaired) electrons. The number of hydrogen-bond acceptors (Lipinski definition) is 4. The molecule has 0 saturated carbocycles. The number of nitrogens with one attached hydrogen (secondary N) is 3. The Bertz CT molecular complexity index is 976. The Morgan fingerprint density at radius 2 is 1.78 bits per heavy atom. The molecule has 2 aromatic carbocycles. The van der Waals surface area contributed by atoms with E-state index in [9.17, 15) is 18.0 Å². The molecule has 0 aliphatic carbocycles. The Morgan fingerprint density at radius 3 is 2.41 bits per heavy atom. The van der Waals surface area contributed by atoms with Crippen LogP contribution in [0.3, 0.4) is 0 Å². The minimum atomic E-state index is -3.65. The third-order valence-electron chi connectivity index (χ3n) is 3.87. The van der Waals surface area contributed by atoms with E-state index in [4.69, 9.17) is 11.6 Å². The molecule has 2 aromatic rings. The van der Waals surface area contributed by atoms with Crippen LogP contribution in [-0.2, 0) is 14.8 Å². The van der Waals surface area contributed by atoms with Gasteiger partial charge in [-0.25, -0.2) is 13.1 Å². The van der Waals surface area contributed by atoms with Crippen molar-refractivity contribution in [2.75, 3.05) is 12.4 Å². The third-order valence-corrected chi connectivity index (χ3v) is 5.76. The maximum absolute atomic E-state index is 12.4. The number of sulfonamides is 1. The van der Waals surface area contributed by atoms with Crippen LogP contribution in [0.2, 0.25) is 5.02 Å². The molecular weight excluding hydrogens is 390 g/mol. The molecule has 0 fully saturated rings. The van der Waals surface area contributed by atoms with Gasteiger partial charge in [-0.3, -0.25) is 9.59 Å². The number of carbonyl (C=O) groups is 2. The van der Waals surface area contributed by atoms with Gasteiger partial charge < -0.3 is 10.6 Å². The highest BCUT2D eigenvalue weighted by molar-refractivity contribution is 7.89. The molecule has 0 spiro atoms. The number of aryl methyl sites for hydroxylation is 1. The summed E-state index contributed by atoms with van der Waals surface area (Å²) in [5.74, 6) is -0.974. The van der Waals surface area contributed by atoms with Crippen molar-refractivity contribution in [2.45, 2.75) is 24.8 Å². The van der Waals surface area contributed by atoms with Gasteiger partial charge in [-0.2, -0.15) is 0 Å². The van der Waals surface area contributed by atoms with Gasteiger partial charge in [0.2, 0.25) is 15.9 Å². The number of benzene rings is 2. The number of halogens is 1. The Labute approximate surface area is 163 Å². The van der Waals surface area contributed by atoms with E-state index in [0.29, 0.717) is 11.3 Å². The molecule has 2 rings (SSSR count). The zero-order chi connectivity index (χ0) is 20.2. The van der Waals surface area contributed by atoms with Gasteiger partial charge in [0, 0.05) is 5.69 Å². The molecule has 2 amide bonds. The molecule has 0 aromatic heterocycles. The van der Waals surface area contributed by atoms with E-state index in [2.05, 4.69) is 15.4 Å². The summed E-state index contributed by atoms with van der Waals surface area (Å²) in [6, 6.07) is 10.2. The number of hydrogen-bond donors (Lipinski definition) is 3. The fraction of sp³-hybridized carbons (Fsp3) is 0.222. The highest BCUT2D eigenvalue weighted by Gasteiger charge is 2.20. The first-order valence-corrected chi connectivity index (χ1v) is 9.92. The molecule has 0 bridgehead atoms. The second-order valence-electron chi connectivity index (χ2n) is 5.85. The molecular formula is C18H20ClN3O4S. The summed E-state index contributed by atoms with van der Waals surface area (Å²) in [4.78, 5) is 24.7. The van der Waals surface area contributed by atoms with Gasteiger partial charge in [0.05, 0.1) is 15.5 Å². The van der Waals surface area contributed by atoms with Crippen molar-refractivity contribution < 1.29 is 18.0 Å². The zero-order valence-electron chi connectivity index (χ0n) is 15.0. The Hall–Kier alpha value is -2.42. The van der Waals surface area contributed by atoms with Crippen LogP contribution in [0.25, 0.3) is 0 Å². The Balaban J connectivity index is 2.12. The van der Waals surface area contributed by atoms with Crippen molar-refractivity contribution in [1.82, 2.24) is 10.0 Å². The predicted octanol–water partition coefficient (Wildman–Crippen LogP) is 2.31. The number of rotatable bonds is 6. The number of anilines is 1. The van der Waals surface area contributed by atoms with Crippen LogP contribution in [0.1, 0.15) is 22.8 Å². The van der Waals surface area contributed by atoms with Crippen LogP contribution in [0, 0.1) is 6.92 Å². The molecule has 144 valence electrons. The molecule has 7 nitrogen and oxygen atoms in total. The maximum atomic E-state index is 12.4. The van der Waals surface area contributed by atoms with Crippen LogP contribution >= 0.6 is 11.6 Å². The van der Waals surface area contributed by atoms with Gasteiger partial charge in [0.1, 0.15) is 6.04 Å². The fourth-order valence-corrected chi connectivity index (χ4v) is 3.53. The Morgan fingerprint density at radius 1 is 1.11 bits per heavy atom. The number of carbonyl (C=O) groups excluding carboxylic acids is 2. The third kappa shape index (κ3) is 5.06. The van der Waals surface area contributed by atoms with Gasteiger partial charge in [0.15, 0.2) is 0 Å². The largest absolute Gasteiger partial charge is 0.340 e. The van der Waals surface area contributed by atoms with E-state index in [1.165, 1.54) is 20.0 Å². The van der Waals surface area contributed by atoms with Crippen molar-refractivity contribution >= 4 is 39.1 Å². The van der Waals surface area contributed by atoms with E-state index in [0.717, 1.165) is 0 Å². The van der Waals surface area contributed by atoms with Crippen LogP contribution < -0.4 is 15.4 Å². The van der Waals surface area contributed by atoms with Gasteiger partial charge >= 0.3 is 0 Å². The van der Waals surface area contributed by atoms with Crippen LogP contribution in [0.15, 0.2) is 47.4 Å². The Kier molecular flexibility index (Phi) is 6.59. The van der Waals surface area contributed by atoms with Crippen molar-refractivity contribution in [3.63, 3.8) is 0 Å². The van der Waals surface area contributed by atoms with E-state index < -0.39 is 27.9 Å². The summed E-state index contributed by atoms with van der Waals surface area (Å²) >= 11 is 5.98. The van der Waals surface area contributed by atoms with E-state index >= 15 is 0 Å². The number of amides is 2. The van der Waals surface area contributed by atoms with E-state index in [-0.39, 0.29) is 15.5 Å². The summed E-state index contributed by atoms with van der Waals surface area (Å²) in [6.07, 6.45) is 0. The SMILES string of the molecule is CNS(=O)(=O)c1cc(NC(=O)[C@H](C)NC(=O)c2ccccc2Cl)ccc1C. The van der Waals surface area contributed by atoms with Gasteiger partial charge in [0.25, 0.3) is 5.91 Å². The second-order valence-corrected chi connectivity index (χ2v) is 8.11. The first-order chi connectivity index (χ1) is 12.7. The summed E-state index contributed by atoms with van der Waals surface area (Å²) in [5.41, 5.74) is 1.11. The molecule has 0 saturated heterocycles. The molecule has 0 aliphatic heterocycles. The lowest BCUT2D eigenvalue weighted by molar-refractivity contribution is -0.117. The lowest BCUT2D eigenvalue weighted by Gasteiger charge is -2.16. The second kappa shape index (κ2) is 8.51. The summed E-state index contributed by atoms with van der Waals surface area (Å²) in [7, 11) is -2.34. The minimum absolute atomic E-state index is 0.0653. The smallest absolute Gasteiger partial charge is 0.253 e. The van der Waals surface area contributed by atoms with Gasteiger partial charge in [-0.15, -0.1) is 0 Å². The molecule has 0 heterocycles. The highest BCUT2D eigenvalue weighted by atomic mass is 35.5. The molecule has 3 N–H and O–H groups in total. The summed E-state index contributed by atoms with van der Waals surface area (Å²) in [6.45, 7) is 3.17. The minimum Gasteiger partial charge on any atom is -0.340 e. The van der Waals surface area contributed by atoms with Crippen LogP contribution in [-0.4, -0.2) is 33.3 Å². The zero-order valence-corrected chi connectivity index (χ0v) is 16.6. The highest BCUT2D eigenvalue weighted by Crippen LogP contribution is 2.20. The molecule has 0 aliphatic rings. The predicted molar refractivity (Wildman–Crippen MR) is 104 cm³/mol. The lowest BCUT2D eigenvalue weighted by Crippen LogP contribution is -2.41. The van der Waals surface area contributed by atoms with Gasteiger partial charge in [-0.1, -0.05) is 29.8 Å². The monoisotopic (exact) mass is 409 g/mol. The first-order valence-electron chi connectivity index (χ1n) is 8.06. The standard InChI is InChI=1S/C18H20ClN3O4S/c1-11-8-9-13(10-16(11)27(25,26)20-3)22-17(23)12(2)21-18(24)14-6-4-5-7-15(14)19/h4-10,12,20H,1-3H3,(H,21,24)(H,22,23)/t12-/m0/s1.